The number of hydrogen-bond donors (Lipinski definition) is 1. The van der Waals surface area contributed by atoms with Crippen LogP contribution in [0.1, 0.15) is 30.1 Å². The molecule has 0 heterocycles. The topological polar surface area (TPSA) is 20.2 Å². The summed E-state index contributed by atoms with van der Waals surface area (Å²) >= 11 is 0. The number of fused-ring (bicyclic) bond motifs is 1. The minimum Gasteiger partial charge on any atom is -0.388 e. The molecular formula is C13H14O. The predicted octanol–water partition coefficient (Wildman–Crippen LogP) is 2.31. The fraction of sp³-hybridized carbons (Fsp3) is 0.385. The van der Waals surface area contributed by atoms with Gasteiger partial charge in [-0.15, -0.1) is 12.3 Å². The Hall–Kier alpha value is -1.26. The quantitative estimate of drug-likeness (QED) is 0.667. The van der Waals surface area contributed by atoms with Crippen LogP contribution in [0.3, 0.4) is 0 Å². The van der Waals surface area contributed by atoms with E-state index >= 15 is 0 Å². The molecule has 1 nitrogen and oxygen atoms in total. The second-order valence-corrected chi connectivity index (χ2v) is 3.85. The highest BCUT2D eigenvalue weighted by Gasteiger charge is 2.26. The highest BCUT2D eigenvalue weighted by molar-refractivity contribution is 5.32. The van der Waals surface area contributed by atoms with Crippen molar-refractivity contribution in [3.63, 3.8) is 0 Å². The maximum absolute atomic E-state index is 10.1. The molecule has 1 aliphatic rings. The normalized spacial score (nSPS) is 25.1. The van der Waals surface area contributed by atoms with Gasteiger partial charge in [0.05, 0.1) is 6.10 Å². The minimum atomic E-state index is -0.365. The van der Waals surface area contributed by atoms with Gasteiger partial charge in [0, 0.05) is 12.3 Å². The lowest BCUT2D eigenvalue weighted by molar-refractivity contribution is 0.0963. The van der Waals surface area contributed by atoms with E-state index in [0.717, 1.165) is 18.4 Å². The van der Waals surface area contributed by atoms with Gasteiger partial charge in [-0.1, -0.05) is 24.3 Å². The van der Waals surface area contributed by atoms with Crippen LogP contribution in [0.2, 0.25) is 0 Å². The van der Waals surface area contributed by atoms with Gasteiger partial charge >= 0.3 is 0 Å². The Morgan fingerprint density at radius 3 is 3.00 bits per heavy atom. The average Bonchev–Trinajstić information content (AvgIpc) is 2.23. The van der Waals surface area contributed by atoms with Gasteiger partial charge in [-0.3, -0.25) is 0 Å². The summed E-state index contributed by atoms with van der Waals surface area (Å²) in [4.78, 5) is 0. The molecular weight excluding hydrogens is 172 g/mol. The van der Waals surface area contributed by atoms with Crippen molar-refractivity contribution in [1.29, 1.82) is 0 Å². The van der Waals surface area contributed by atoms with E-state index in [2.05, 4.69) is 12.0 Å². The number of hydrogen-bond acceptors (Lipinski definition) is 1. The third-order valence-corrected chi connectivity index (χ3v) is 2.98. The smallest absolute Gasteiger partial charge is 0.0830 e. The molecule has 2 unspecified atom stereocenters. The monoisotopic (exact) mass is 186 g/mol. The summed E-state index contributed by atoms with van der Waals surface area (Å²) in [6.45, 7) is 0. The lowest BCUT2D eigenvalue weighted by atomic mass is 9.80. The minimum absolute atomic E-state index is 0.245. The molecule has 0 amide bonds. The van der Waals surface area contributed by atoms with Crippen LogP contribution in [0, 0.1) is 18.3 Å². The number of aliphatic hydroxyl groups excluding tert-OH is 1. The van der Waals surface area contributed by atoms with Gasteiger partial charge < -0.3 is 5.11 Å². The summed E-state index contributed by atoms with van der Waals surface area (Å²) in [5, 5.41) is 10.1. The van der Waals surface area contributed by atoms with Crippen molar-refractivity contribution < 1.29 is 5.11 Å². The van der Waals surface area contributed by atoms with Crippen LogP contribution in [0.5, 0.6) is 0 Å². The van der Waals surface area contributed by atoms with Gasteiger partial charge in [0.25, 0.3) is 0 Å². The van der Waals surface area contributed by atoms with Crippen LogP contribution >= 0.6 is 0 Å². The third-order valence-electron chi connectivity index (χ3n) is 2.98. The zero-order chi connectivity index (χ0) is 9.97. The molecule has 1 N–H and O–H groups in total. The number of benzene rings is 1. The van der Waals surface area contributed by atoms with Gasteiger partial charge in [0.15, 0.2) is 0 Å². The first-order valence-electron chi connectivity index (χ1n) is 5.02. The van der Waals surface area contributed by atoms with Crippen LogP contribution in [0.15, 0.2) is 24.3 Å². The van der Waals surface area contributed by atoms with E-state index in [1.807, 2.05) is 18.2 Å². The second kappa shape index (κ2) is 3.86. The standard InChI is InChI=1S/C13H14O/c1-2-5-11-9-8-10-6-3-4-7-12(10)13(11)14/h1,3-4,6-7,11,13-14H,5,8-9H2. The SMILES string of the molecule is C#CCC1CCc2ccccc2C1O. The predicted molar refractivity (Wildman–Crippen MR) is 56.7 cm³/mol. The fourth-order valence-corrected chi connectivity index (χ4v) is 2.17. The molecule has 0 saturated heterocycles. The highest BCUT2D eigenvalue weighted by atomic mass is 16.3. The van der Waals surface area contributed by atoms with Crippen molar-refractivity contribution in [1.82, 2.24) is 0 Å². The van der Waals surface area contributed by atoms with Crippen LogP contribution < -0.4 is 0 Å². The van der Waals surface area contributed by atoms with Crippen LogP contribution in [0.4, 0.5) is 0 Å². The molecule has 0 saturated carbocycles. The van der Waals surface area contributed by atoms with Crippen LogP contribution in [-0.2, 0) is 6.42 Å². The summed E-state index contributed by atoms with van der Waals surface area (Å²) in [6, 6.07) is 8.08. The van der Waals surface area contributed by atoms with E-state index in [4.69, 9.17) is 6.42 Å². The number of aliphatic hydroxyl groups is 1. The van der Waals surface area contributed by atoms with E-state index in [-0.39, 0.29) is 12.0 Å². The number of aryl methyl sites for hydroxylation is 1. The van der Waals surface area contributed by atoms with Gasteiger partial charge in [-0.05, 0) is 24.0 Å². The van der Waals surface area contributed by atoms with Gasteiger partial charge in [0.1, 0.15) is 0 Å². The molecule has 1 aliphatic carbocycles. The Kier molecular flexibility index (Phi) is 2.56. The van der Waals surface area contributed by atoms with E-state index < -0.39 is 0 Å². The third kappa shape index (κ3) is 1.54. The van der Waals surface area contributed by atoms with Gasteiger partial charge in [-0.25, -0.2) is 0 Å². The summed E-state index contributed by atoms with van der Waals surface area (Å²) < 4.78 is 0. The maximum Gasteiger partial charge on any atom is 0.0830 e. The molecule has 1 heteroatoms. The second-order valence-electron chi connectivity index (χ2n) is 3.85. The summed E-state index contributed by atoms with van der Waals surface area (Å²) in [5.41, 5.74) is 2.34. The van der Waals surface area contributed by atoms with Crippen molar-refractivity contribution in [3.05, 3.63) is 35.4 Å². The molecule has 0 bridgehead atoms. The molecule has 72 valence electrons. The first-order valence-corrected chi connectivity index (χ1v) is 5.02. The lowest BCUT2D eigenvalue weighted by Crippen LogP contribution is -2.19. The first-order chi connectivity index (χ1) is 6.83. The Morgan fingerprint density at radius 2 is 2.21 bits per heavy atom. The van der Waals surface area contributed by atoms with Gasteiger partial charge in [0.2, 0.25) is 0 Å². The van der Waals surface area contributed by atoms with Gasteiger partial charge in [-0.2, -0.15) is 0 Å². The molecule has 2 rings (SSSR count). The van der Waals surface area contributed by atoms with E-state index in [0.29, 0.717) is 6.42 Å². The summed E-state index contributed by atoms with van der Waals surface area (Å²) in [5.74, 6) is 2.88. The van der Waals surface area contributed by atoms with Crippen molar-refractivity contribution in [2.24, 2.45) is 5.92 Å². The molecule has 0 radical (unpaired) electrons. The molecule has 14 heavy (non-hydrogen) atoms. The van der Waals surface area contributed by atoms with Crippen molar-refractivity contribution in [2.45, 2.75) is 25.4 Å². The van der Waals surface area contributed by atoms with Crippen molar-refractivity contribution in [3.8, 4) is 12.3 Å². The zero-order valence-electron chi connectivity index (χ0n) is 8.11. The van der Waals surface area contributed by atoms with E-state index in [1.165, 1.54) is 5.56 Å². The molecule has 0 spiro atoms. The first kappa shape index (κ1) is 9.30. The maximum atomic E-state index is 10.1. The Labute approximate surface area is 84.8 Å². The molecule has 0 aromatic heterocycles. The summed E-state index contributed by atoms with van der Waals surface area (Å²) in [6.07, 6.45) is 7.64. The van der Waals surface area contributed by atoms with E-state index in [1.54, 1.807) is 0 Å². The number of rotatable bonds is 1. The van der Waals surface area contributed by atoms with Crippen molar-refractivity contribution in [2.75, 3.05) is 0 Å². The lowest BCUT2D eigenvalue weighted by Gasteiger charge is -2.28. The Balaban J connectivity index is 2.28. The highest BCUT2D eigenvalue weighted by Crippen LogP contribution is 2.35. The fourth-order valence-electron chi connectivity index (χ4n) is 2.17. The average molecular weight is 186 g/mol. The molecule has 0 fully saturated rings. The Bertz CT molecular complexity index is 362. The number of terminal acetylenes is 1. The van der Waals surface area contributed by atoms with Crippen molar-refractivity contribution >= 4 is 0 Å². The van der Waals surface area contributed by atoms with E-state index in [9.17, 15) is 5.11 Å². The zero-order valence-corrected chi connectivity index (χ0v) is 8.11. The summed E-state index contributed by atoms with van der Waals surface area (Å²) in [7, 11) is 0. The Morgan fingerprint density at radius 1 is 1.43 bits per heavy atom. The molecule has 2 atom stereocenters. The molecule has 0 aliphatic heterocycles. The van der Waals surface area contributed by atoms with Crippen LogP contribution in [0.25, 0.3) is 0 Å². The molecule has 1 aromatic carbocycles. The largest absolute Gasteiger partial charge is 0.388 e. The van der Waals surface area contributed by atoms with Crippen LogP contribution in [-0.4, -0.2) is 5.11 Å². The molecule has 1 aromatic rings.